The Morgan fingerprint density at radius 2 is 1.94 bits per heavy atom. The van der Waals surface area contributed by atoms with E-state index in [1.165, 1.54) is 0 Å². The van der Waals surface area contributed by atoms with Crippen molar-refractivity contribution in [2.45, 2.75) is 49.3 Å². The first kappa shape index (κ1) is 11.8. The smallest absolute Gasteiger partial charge is 0.329 e. The molecule has 90 valence electrons. The first-order valence-corrected chi connectivity index (χ1v) is 6.86. The maximum absolute atomic E-state index is 11.9. The van der Waals surface area contributed by atoms with Crippen LogP contribution in [-0.2, 0) is 9.59 Å². The van der Waals surface area contributed by atoms with Crippen molar-refractivity contribution >= 4 is 23.6 Å². The summed E-state index contributed by atoms with van der Waals surface area (Å²) in [5, 5.41) is 12.0. The van der Waals surface area contributed by atoms with Gasteiger partial charge in [-0.15, -0.1) is 11.8 Å². The second-order valence-corrected chi connectivity index (χ2v) is 5.90. The van der Waals surface area contributed by atoms with Crippen molar-refractivity contribution in [2.24, 2.45) is 0 Å². The van der Waals surface area contributed by atoms with Gasteiger partial charge < -0.3 is 10.4 Å². The van der Waals surface area contributed by atoms with Crippen LogP contribution in [0, 0.1) is 0 Å². The van der Waals surface area contributed by atoms with E-state index in [0.29, 0.717) is 12.8 Å². The average Bonchev–Trinajstić information content (AvgIpc) is 2.88. The Labute approximate surface area is 99.2 Å². The molecule has 2 N–H and O–H groups in total. The highest BCUT2D eigenvalue weighted by atomic mass is 32.2. The quantitative estimate of drug-likeness (QED) is 0.786. The predicted octanol–water partition coefficient (Wildman–Crippen LogP) is 1.40. The summed E-state index contributed by atoms with van der Waals surface area (Å²) in [5.41, 5.74) is -0.972. The monoisotopic (exact) mass is 243 g/mol. The van der Waals surface area contributed by atoms with Crippen LogP contribution in [0.25, 0.3) is 0 Å². The molecule has 0 aromatic rings. The van der Waals surface area contributed by atoms with E-state index in [1.54, 1.807) is 11.8 Å². The van der Waals surface area contributed by atoms with Gasteiger partial charge in [-0.1, -0.05) is 12.8 Å². The van der Waals surface area contributed by atoms with Crippen molar-refractivity contribution in [3.05, 3.63) is 0 Å². The number of nitrogens with one attached hydrogen (secondary N) is 1. The molecule has 0 bridgehead atoms. The normalized spacial score (nSPS) is 27.9. The lowest BCUT2D eigenvalue weighted by atomic mass is 9.97. The van der Waals surface area contributed by atoms with E-state index in [2.05, 4.69) is 5.32 Å². The van der Waals surface area contributed by atoms with Crippen LogP contribution in [0.4, 0.5) is 0 Å². The molecule has 1 amide bonds. The Morgan fingerprint density at radius 3 is 2.44 bits per heavy atom. The Bertz CT molecular complexity index is 294. The predicted molar refractivity (Wildman–Crippen MR) is 62.5 cm³/mol. The van der Waals surface area contributed by atoms with Gasteiger partial charge in [-0.2, -0.15) is 0 Å². The van der Waals surface area contributed by atoms with Crippen LogP contribution in [-0.4, -0.2) is 33.5 Å². The average molecular weight is 243 g/mol. The molecule has 1 heterocycles. The van der Waals surface area contributed by atoms with Crippen molar-refractivity contribution in [3.8, 4) is 0 Å². The number of carboxylic acids is 1. The number of carboxylic acid groups (broad SMARTS) is 1. The van der Waals surface area contributed by atoms with Crippen LogP contribution < -0.4 is 5.32 Å². The SMILES string of the molecule is O=C(NC1(C(=O)O)CCCC1)C1CCCS1. The van der Waals surface area contributed by atoms with Gasteiger partial charge in [-0.3, -0.25) is 4.79 Å². The second-order valence-electron chi connectivity index (χ2n) is 4.59. The van der Waals surface area contributed by atoms with E-state index in [0.717, 1.165) is 31.4 Å². The molecule has 2 rings (SSSR count). The zero-order chi connectivity index (χ0) is 11.6. The molecule has 1 atom stereocenters. The van der Waals surface area contributed by atoms with Gasteiger partial charge in [0.1, 0.15) is 5.54 Å². The molecule has 1 unspecified atom stereocenters. The van der Waals surface area contributed by atoms with Gasteiger partial charge in [0.05, 0.1) is 5.25 Å². The zero-order valence-corrected chi connectivity index (χ0v) is 10.0. The first-order chi connectivity index (χ1) is 7.64. The maximum atomic E-state index is 11.9. The second kappa shape index (κ2) is 4.65. The summed E-state index contributed by atoms with van der Waals surface area (Å²) in [6, 6.07) is 0. The third-order valence-corrected chi connectivity index (χ3v) is 4.83. The summed E-state index contributed by atoms with van der Waals surface area (Å²) in [4.78, 5) is 23.2. The molecule has 1 aliphatic carbocycles. The summed E-state index contributed by atoms with van der Waals surface area (Å²) in [7, 11) is 0. The molecular weight excluding hydrogens is 226 g/mol. The molecule has 0 spiro atoms. The molecule has 1 saturated heterocycles. The van der Waals surface area contributed by atoms with E-state index in [1.807, 2.05) is 0 Å². The zero-order valence-electron chi connectivity index (χ0n) is 9.20. The number of rotatable bonds is 3. The van der Waals surface area contributed by atoms with Gasteiger partial charge in [0.25, 0.3) is 0 Å². The summed E-state index contributed by atoms with van der Waals surface area (Å²) < 4.78 is 0. The molecule has 0 aromatic heterocycles. The lowest BCUT2D eigenvalue weighted by molar-refractivity contribution is -0.147. The number of amides is 1. The van der Waals surface area contributed by atoms with Crippen molar-refractivity contribution in [2.75, 3.05) is 5.75 Å². The Balaban J connectivity index is 2.00. The van der Waals surface area contributed by atoms with Crippen LogP contribution in [0.5, 0.6) is 0 Å². The van der Waals surface area contributed by atoms with Crippen LogP contribution in [0.2, 0.25) is 0 Å². The summed E-state index contributed by atoms with van der Waals surface area (Å²) in [6.07, 6.45) is 4.88. The van der Waals surface area contributed by atoms with Crippen LogP contribution in [0.3, 0.4) is 0 Å². The van der Waals surface area contributed by atoms with E-state index in [4.69, 9.17) is 0 Å². The van der Waals surface area contributed by atoms with Crippen molar-refractivity contribution < 1.29 is 14.7 Å². The number of hydrogen-bond acceptors (Lipinski definition) is 3. The third-order valence-electron chi connectivity index (χ3n) is 3.45. The Kier molecular flexibility index (Phi) is 3.42. The van der Waals surface area contributed by atoms with Gasteiger partial charge >= 0.3 is 5.97 Å². The Hall–Kier alpha value is -0.710. The number of carbonyl (C=O) groups excluding carboxylic acids is 1. The fraction of sp³-hybridized carbons (Fsp3) is 0.818. The lowest BCUT2D eigenvalue weighted by Crippen LogP contribution is -2.54. The van der Waals surface area contributed by atoms with Crippen LogP contribution in [0.15, 0.2) is 0 Å². The molecule has 0 aromatic carbocycles. The largest absolute Gasteiger partial charge is 0.480 e. The van der Waals surface area contributed by atoms with Gasteiger partial charge in [-0.25, -0.2) is 4.79 Å². The van der Waals surface area contributed by atoms with E-state index in [-0.39, 0.29) is 11.2 Å². The van der Waals surface area contributed by atoms with Crippen molar-refractivity contribution in [1.29, 1.82) is 0 Å². The number of carbonyl (C=O) groups is 2. The van der Waals surface area contributed by atoms with Crippen molar-refractivity contribution in [3.63, 3.8) is 0 Å². The summed E-state index contributed by atoms with van der Waals surface area (Å²) >= 11 is 1.64. The van der Waals surface area contributed by atoms with Gasteiger partial charge in [0.2, 0.25) is 5.91 Å². The molecule has 16 heavy (non-hydrogen) atoms. The highest BCUT2D eigenvalue weighted by Gasteiger charge is 2.43. The molecule has 2 fully saturated rings. The maximum Gasteiger partial charge on any atom is 0.329 e. The standard InChI is InChI=1S/C11H17NO3S/c13-9(8-4-3-7-16-8)12-11(10(14)15)5-1-2-6-11/h8H,1-7H2,(H,12,13)(H,14,15). The van der Waals surface area contributed by atoms with Crippen molar-refractivity contribution in [1.82, 2.24) is 5.32 Å². The number of thioether (sulfide) groups is 1. The van der Waals surface area contributed by atoms with E-state index >= 15 is 0 Å². The highest BCUT2D eigenvalue weighted by Crippen LogP contribution is 2.32. The molecular formula is C11H17NO3S. The Morgan fingerprint density at radius 1 is 1.25 bits per heavy atom. The van der Waals surface area contributed by atoms with E-state index in [9.17, 15) is 14.7 Å². The fourth-order valence-electron chi connectivity index (χ4n) is 2.47. The topological polar surface area (TPSA) is 66.4 Å². The molecule has 4 nitrogen and oxygen atoms in total. The molecule has 5 heteroatoms. The summed E-state index contributed by atoms with van der Waals surface area (Å²) in [6.45, 7) is 0. The minimum atomic E-state index is -0.972. The number of aliphatic carboxylic acids is 1. The first-order valence-electron chi connectivity index (χ1n) is 5.81. The van der Waals surface area contributed by atoms with Gasteiger partial charge in [0, 0.05) is 0 Å². The van der Waals surface area contributed by atoms with E-state index < -0.39 is 11.5 Å². The molecule has 1 aliphatic heterocycles. The number of hydrogen-bond donors (Lipinski definition) is 2. The molecule has 2 aliphatic rings. The van der Waals surface area contributed by atoms with Crippen LogP contribution in [0.1, 0.15) is 38.5 Å². The minimum Gasteiger partial charge on any atom is -0.480 e. The molecule has 0 radical (unpaired) electrons. The van der Waals surface area contributed by atoms with Gasteiger partial charge in [0.15, 0.2) is 0 Å². The summed E-state index contributed by atoms with van der Waals surface area (Å²) in [5.74, 6) is 0.0613. The van der Waals surface area contributed by atoms with Gasteiger partial charge in [-0.05, 0) is 31.4 Å². The third kappa shape index (κ3) is 2.19. The lowest BCUT2D eigenvalue weighted by Gasteiger charge is -2.26. The fourth-order valence-corrected chi connectivity index (χ4v) is 3.63. The van der Waals surface area contributed by atoms with Crippen LogP contribution >= 0.6 is 11.8 Å². The minimum absolute atomic E-state index is 0.0307. The highest BCUT2D eigenvalue weighted by molar-refractivity contribution is 8.00. The molecule has 1 saturated carbocycles.